The van der Waals surface area contributed by atoms with Gasteiger partial charge in [-0.3, -0.25) is 14.4 Å². The highest BCUT2D eigenvalue weighted by Crippen LogP contribution is 2.23. The molecule has 0 unspecified atom stereocenters. The maximum Gasteiger partial charge on any atom is 0.326 e. The number of hydroxylamine groups is 2. The summed E-state index contributed by atoms with van der Waals surface area (Å²) in [7, 11) is 1.30. The van der Waals surface area contributed by atoms with Gasteiger partial charge < -0.3 is 4.65 Å². The van der Waals surface area contributed by atoms with Crippen molar-refractivity contribution < 1.29 is 23.9 Å². The highest BCUT2D eigenvalue weighted by molar-refractivity contribution is 6.20. The number of carbonyl (C=O) groups is 3. The van der Waals surface area contributed by atoms with Crippen LogP contribution in [0.1, 0.15) is 36.6 Å². The molecule has 0 N–H and O–H groups in total. The van der Waals surface area contributed by atoms with E-state index in [0.717, 1.165) is 5.06 Å². The minimum Gasteiger partial charge on any atom is -0.540 e. The number of rotatable bonds is 4. The third kappa shape index (κ3) is 2.74. The van der Waals surface area contributed by atoms with Gasteiger partial charge in [-0.05, 0) is 29.8 Å². The molecule has 7 heteroatoms. The zero-order valence-electron chi connectivity index (χ0n) is 12.3. The van der Waals surface area contributed by atoms with Gasteiger partial charge in [0, 0.05) is 0 Å². The summed E-state index contributed by atoms with van der Waals surface area (Å²) in [6.45, 7) is -0.0176. The Hall–Kier alpha value is -2.93. The number of benzene rings is 2. The first-order valence-electron chi connectivity index (χ1n) is 6.90. The zero-order chi connectivity index (χ0) is 16.4. The topological polar surface area (TPSA) is 72.9 Å². The fourth-order valence-corrected chi connectivity index (χ4v) is 2.33. The molecule has 0 atom stereocenters. The summed E-state index contributed by atoms with van der Waals surface area (Å²) in [6, 6.07) is 13.1. The van der Waals surface area contributed by atoms with Gasteiger partial charge in [0.1, 0.15) is 6.61 Å². The number of nitrogens with zero attached hydrogens (tertiary/aromatic N) is 1. The monoisotopic (exact) mass is 309 g/mol. The van der Waals surface area contributed by atoms with Crippen molar-refractivity contribution >= 4 is 25.8 Å². The lowest BCUT2D eigenvalue weighted by Crippen LogP contribution is -2.29. The molecule has 23 heavy (non-hydrogen) atoms. The van der Waals surface area contributed by atoms with E-state index in [9.17, 15) is 14.4 Å². The van der Waals surface area contributed by atoms with Gasteiger partial charge in [0.15, 0.2) is 0 Å². The summed E-state index contributed by atoms with van der Waals surface area (Å²) >= 11 is 0. The Morgan fingerprint density at radius 3 is 2.26 bits per heavy atom. The molecule has 2 amide bonds. The van der Waals surface area contributed by atoms with Crippen molar-refractivity contribution in [1.82, 2.24) is 5.06 Å². The predicted octanol–water partition coefficient (Wildman–Crippen LogP) is 1.12. The second-order valence-electron chi connectivity index (χ2n) is 4.92. The maximum atomic E-state index is 12.2. The van der Waals surface area contributed by atoms with Crippen molar-refractivity contribution in [2.45, 2.75) is 6.61 Å². The molecule has 0 aromatic heterocycles. The Morgan fingerprint density at radius 2 is 1.65 bits per heavy atom. The fraction of sp³-hybridized carbons (Fsp3) is 0.0625. The van der Waals surface area contributed by atoms with E-state index >= 15 is 0 Å². The Morgan fingerprint density at radius 1 is 1.00 bits per heavy atom. The molecule has 114 valence electrons. The molecular weight excluding hydrogens is 297 g/mol. The van der Waals surface area contributed by atoms with Gasteiger partial charge in [-0.1, -0.05) is 24.3 Å². The average Bonchev–Trinajstić information content (AvgIpc) is 2.84. The van der Waals surface area contributed by atoms with E-state index in [-0.39, 0.29) is 6.61 Å². The molecule has 0 aliphatic carbocycles. The molecule has 2 aromatic carbocycles. The van der Waals surface area contributed by atoms with Gasteiger partial charge in [-0.2, -0.15) is 0 Å². The minimum absolute atomic E-state index is 0.0176. The minimum atomic E-state index is -0.491. The molecule has 1 aliphatic rings. The molecule has 0 bridgehead atoms. The summed E-state index contributed by atoms with van der Waals surface area (Å²) in [6.07, 6.45) is 0. The molecule has 0 saturated carbocycles. The number of imide groups is 1. The van der Waals surface area contributed by atoms with E-state index in [2.05, 4.69) is 4.65 Å². The molecule has 3 rings (SSSR count). The standard InChI is InChI=1S/C16H12BNO5/c17-23-16(21)11-5-3-4-10(8-11)9-22-18-14(19)12-6-1-2-7-13(12)15(18)20/h1-8H,9,17H2. The molecular formula is C16H12BNO5. The van der Waals surface area contributed by atoms with Crippen molar-refractivity contribution in [3.8, 4) is 0 Å². The van der Waals surface area contributed by atoms with Gasteiger partial charge in [-0.15, -0.1) is 5.06 Å². The van der Waals surface area contributed by atoms with Crippen molar-refractivity contribution in [3.05, 3.63) is 70.8 Å². The van der Waals surface area contributed by atoms with Crippen molar-refractivity contribution in [1.29, 1.82) is 0 Å². The zero-order valence-corrected chi connectivity index (χ0v) is 12.3. The van der Waals surface area contributed by atoms with Crippen LogP contribution in [0, 0.1) is 0 Å². The smallest absolute Gasteiger partial charge is 0.326 e. The van der Waals surface area contributed by atoms with E-state index in [0.29, 0.717) is 22.3 Å². The molecule has 6 nitrogen and oxygen atoms in total. The largest absolute Gasteiger partial charge is 0.540 e. The summed E-state index contributed by atoms with van der Waals surface area (Å²) in [5.74, 6) is -1.45. The number of amides is 2. The molecule has 0 saturated heterocycles. The number of hydrogen-bond donors (Lipinski definition) is 0. The first-order chi connectivity index (χ1) is 11.1. The van der Waals surface area contributed by atoms with Crippen LogP contribution < -0.4 is 0 Å². The second-order valence-corrected chi connectivity index (χ2v) is 4.92. The van der Waals surface area contributed by atoms with Crippen molar-refractivity contribution in [2.24, 2.45) is 0 Å². The summed E-state index contributed by atoms with van der Waals surface area (Å²) in [5.41, 5.74) is 1.65. The fourth-order valence-electron chi connectivity index (χ4n) is 2.33. The van der Waals surface area contributed by atoms with Gasteiger partial charge in [0.2, 0.25) is 0 Å². The molecule has 0 fully saturated rings. The molecule has 1 heterocycles. The first kappa shape index (κ1) is 15.0. The van der Waals surface area contributed by atoms with Gasteiger partial charge in [0.05, 0.1) is 16.7 Å². The predicted molar refractivity (Wildman–Crippen MR) is 82.1 cm³/mol. The lowest BCUT2D eigenvalue weighted by molar-refractivity contribution is -0.101. The summed E-state index contributed by atoms with van der Waals surface area (Å²) in [5, 5.41) is 0.746. The van der Waals surface area contributed by atoms with E-state index < -0.39 is 17.8 Å². The normalized spacial score (nSPS) is 13.1. The van der Waals surface area contributed by atoms with Crippen LogP contribution in [0.4, 0.5) is 0 Å². The highest BCUT2D eigenvalue weighted by Gasteiger charge is 2.36. The van der Waals surface area contributed by atoms with Gasteiger partial charge in [-0.25, -0.2) is 4.79 Å². The molecule has 2 aromatic rings. The molecule has 0 spiro atoms. The number of hydrogen-bond acceptors (Lipinski definition) is 5. The Labute approximate surface area is 133 Å². The van der Waals surface area contributed by atoms with Gasteiger partial charge >= 0.3 is 14.0 Å². The van der Waals surface area contributed by atoms with Crippen molar-refractivity contribution in [3.63, 3.8) is 0 Å². The molecule has 1 aliphatic heterocycles. The lowest BCUT2D eigenvalue weighted by Gasteiger charge is -2.13. The first-order valence-corrected chi connectivity index (χ1v) is 6.90. The van der Waals surface area contributed by atoms with Crippen LogP contribution in [0.25, 0.3) is 0 Å². The summed E-state index contributed by atoms with van der Waals surface area (Å²) in [4.78, 5) is 41.2. The van der Waals surface area contributed by atoms with E-state index in [1.807, 2.05) is 0 Å². The van der Waals surface area contributed by atoms with E-state index in [1.54, 1.807) is 48.5 Å². The van der Waals surface area contributed by atoms with E-state index in [1.165, 1.54) is 8.05 Å². The Kier molecular flexibility index (Phi) is 3.95. The number of fused-ring (bicyclic) bond motifs is 1. The maximum absolute atomic E-state index is 12.2. The third-order valence-electron chi connectivity index (χ3n) is 3.47. The molecule has 0 radical (unpaired) electrons. The Balaban J connectivity index is 1.74. The second kappa shape index (κ2) is 6.06. The van der Waals surface area contributed by atoms with Gasteiger partial charge in [0.25, 0.3) is 11.8 Å². The van der Waals surface area contributed by atoms with Crippen LogP contribution in [0.15, 0.2) is 48.5 Å². The third-order valence-corrected chi connectivity index (χ3v) is 3.47. The lowest BCUT2D eigenvalue weighted by atomic mass is 10.1. The Bertz CT molecular complexity index is 770. The van der Waals surface area contributed by atoms with Crippen LogP contribution in [-0.4, -0.2) is 30.9 Å². The SMILES string of the molecule is BOC(=O)c1cccc(CON2C(=O)c3ccccc3C2=O)c1. The average molecular weight is 309 g/mol. The van der Waals surface area contributed by atoms with Crippen LogP contribution in [0.5, 0.6) is 0 Å². The van der Waals surface area contributed by atoms with Crippen LogP contribution >= 0.6 is 0 Å². The summed E-state index contributed by atoms with van der Waals surface area (Å²) < 4.78 is 4.65. The quantitative estimate of drug-likeness (QED) is 0.625. The van der Waals surface area contributed by atoms with E-state index in [4.69, 9.17) is 4.84 Å². The number of carbonyl (C=O) groups excluding carboxylic acids is 3. The van der Waals surface area contributed by atoms with Crippen LogP contribution in [0.3, 0.4) is 0 Å². The van der Waals surface area contributed by atoms with Crippen LogP contribution in [-0.2, 0) is 16.1 Å². The van der Waals surface area contributed by atoms with Crippen LogP contribution in [0.2, 0.25) is 0 Å². The van der Waals surface area contributed by atoms with Crippen molar-refractivity contribution in [2.75, 3.05) is 0 Å². The highest BCUT2D eigenvalue weighted by atomic mass is 16.7.